The second-order valence-electron chi connectivity index (χ2n) is 26.2. The zero-order chi connectivity index (χ0) is 48.5. The quantitative estimate of drug-likeness (QED) is 0.194. The lowest BCUT2D eigenvalue weighted by molar-refractivity contribution is 0.0408. The van der Waals surface area contributed by atoms with Crippen molar-refractivity contribution >= 4 is 0 Å². The van der Waals surface area contributed by atoms with E-state index in [4.69, 9.17) is 0 Å². The van der Waals surface area contributed by atoms with Gasteiger partial charge in [0.1, 0.15) is 0 Å². The SMILES string of the molecule is CC(C)C1CC(C(C)C)C1.CC(C)C1CCC(C(C)C)C1.CC(C)C1CCN(C(C)C)C1.CC(C)C1CCN(C(C)C)C1.CC(C)C1CN(C(C)C)C1.CC(C)C1CN(C(C)C)C1. The van der Waals surface area contributed by atoms with Gasteiger partial charge in [-0.25, -0.2) is 0 Å². The summed E-state index contributed by atoms with van der Waals surface area (Å²) in [7, 11) is 0. The molecule has 0 N–H and O–H groups in total. The van der Waals surface area contributed by atoms with Gasteiger partial charge in [-0.1, -0.05) is 111 Å². The third-order valence-electron chi connectivity index (χ3n) is 17.6. The molecule has 63 heavy (non-hydrogen) atoms. The maximum absolute atomic E-state index is 2.59. The van der Waals surface area contributed by atoms with Gasteiger partial charge in [-0.3, -0.25) is 0 Å². The average molecular weight is 888 g/mol. The highest BCUT2D eigenvalue weighted by atomic mass is 15.2. The minimum absolute atomic E-state index is 0.749. The predicted molar refractivity (Wildman–Crippen MR) is 286 cm³/mol. The zero-order valence-electron chi connectivity index (χ0n) is 47.9. The number of likely N-dealkylation sites (tertiary alicyclic amines) is 4. The van der Waals surface area contributed by atoms with Gasteiger partial charge in [0.2, 0.25) is 0 Å². The van der Waals surface area contributed by atoms with Gasteiger partial charge in [-0.05, 0) is 208 Å². The van der Waals surface area contributed by atoms with Crippen LogP contribution < -0.4 is 0 Å². The predicted octanol–water partition coefficient (Wildman–Crippen LogP) is 15.7. The van der Waals surface area contributed by atoms with Crippen molar-refractivity contribution in [1.29, 1.82) is 0 Å². The van der Waals surface area contributed by atoms with Gasteiger partial charge < -0.3 is 19.6 Å². The molecule has 6 fully saturated rings. The van der Waals surface area contributed by atoms with E-state index in [2.05, 4.69) is 186 Å². The van der Waals surface area contributed by atoms with Crippen molar-refractivity contribution in [2.75, 3.05) is 52.4 Å². The third kappa shape index (κ3) is 22.7. The monoisotopic (exact) mass is 887 g/mol. The lowest BCUT2D eigenvalue weighted by Crippen LogP contribution is -2.51. The van der Waals surface area contributed by atoms with Gasteiger partial charge in [0, 0.05) is 63.4 Å². The van der Waals surface area contributed by atoms with Crippen LogP contribution in [0, 0.1) is 94.7 Å². The first kappa shape index (κ1) is 60.9. The Hall–Kier alpha value is -0.160. The van der Waals surface area contributed by atoms with Crippen LogP contribution in [0.2, 0.25) is 0 Å². The van der Waals surface area contributed by atoms with Gasteiger partial charge in [-0.2, -0.15) is 0 Å². The summed E-state index contributed by atoms with van der Waals surface area (Å²) in [6.45, 7) is 66.4. The van der Waals surface area contributed by atoms with Gasteiger partial charge in [-0.15, -0.1) is 0 Å². The molecule has 4 heteroatoms. The molecular formula is C59H122N4. The molecule has 0 aromatic rings. The van der Waals surface area contributed by atoms with E-state index in [1.165, 1.54) is 97.3 Å². The molecule has 4 saturated heterocycles. The van der Waals surface area contributed by atoms with Crippen molar-refractivity contribution in [1.82, 2.24) is 19.6 Å². The zero-order valence-corrected chi connectivity index (χ0v) is 47.9. The fraction of sp³-hybridized carbons (Fsp3) is 1.00. The number of rotatable bonds is 12. The Bertz CT molecular complexity index is 885. The van der Waals surface area contributed by atoms with E-state index in [1.807, 2.05) is 0 Å². The molecule has 0 radical (unpaired) electrons. The van der Waals surface area contributed by atoms with Crippen LogP contribution in [0.15, 0.2) is 0 Å². The molecule has 0 aromatic heterocycles. The molecule has 4 nitrogen and oxygen atoms in total. The fourth-order valence-electron chi connectivity index (χ4n) is 10.5. The summed E-state index contributed by atoms with van der Waals surface area (Å²) in [5.41, 5.74) is 0. The first-order chi connectivity index (χ1) is 29.2. The largest absolute Gasteiger partial charge is 0.301 e. The van der Waals surface area contributed by atoms with Gasteiger partial charge in [0.05, 0.1) is 0 Å². The van der Waals surface area contributed by atoms with Crippen LogP contribution in [-0.4, -0.2) is 96.1 Å². The van der Waals surface area contributed by atoms with Crippen molar-refractivity contribution < 1.29 is 0 Å². The Morgan fingerprint density at radius 2 is 0.429 bits per heavy atom. The standard InChI is InChI=1S/C11H22.2C10H21N.C10H20.2C9H19N/c3*1-8(2)10-5-6-11(7-10)9(3)4;3*1-7(2)9-5-10(6-9)8(3)4/h8-11H,5-7H2,1-4H3;2*8-10H,5-7H2,1-4H3;7-10H,5-6H2,1-4H3;2*7-9H,5-6H2,1-4H3. The topological polar surface area (TPSA) is 13.0 Å². The molecule has 0 amide bonds. The highest BCUT2D eigenvalue weighted by Crippen LogP contribution is 2.42. The molecule has 0 aromatic carbocycles. The van der Waals surface area contributed by atoms with Crippen molar-refractivity contribution in [2.45, 2.75) is 235 Å². The number of hydrogen-bond acceptors (Lipinski definition) is 4. The van der Waals surface area contributed by atoms with Crippen LogP contribution in [0.4, 0.5) is 0 Å². The van der Waals surface area contributed by atoms with Gasteiger partial charge in [0.15, 0.2) is 0 Å². The van der Waals surface area contributed by atoms with Crippen LogP contribution >= 0.6 is 0 Å². The minimum atomic E-state index is 0.749. The summed E-state index contributed by atoms with van der Waals surface area (Å²) in [5.74, 6) is 15.2. The maximum atomic E-state index is 2.59. The van der Waals surface area contributed by atoms with Crippen molar-refractivity contribution in [3.63, 3.8) is 0 Å². The van der Waals surface area contributed by atoms with E-state index in [1.54, 1.807) is 0 Å². The Morgan fingerprint density at radius 3 is 0.587 bits per heavy atom. The molecular weight excluding hydrogens is 765 g/mol. The Morgan fingerprint density at radius 1 is 0.222 bits per heavy atom. The summed E-state index contributed by atoms with van der Waals surface area (Å²) in [6, 6.07) is 3.02. The molecule has 4 heterocycles. The van der Waals surface area contributed by atoms with E-state index in [9.17, 15) is 0 Å². The van der Waals surface area contributed by atoms with E-state index < -0.39 is 0 Å². The lowest BCUT2D eigenvalue weighted by atomic mass is 9.65. The molecule has 6 rings (SSSR count). The molecule has 0 spiro atoms. The number of nitrogens with zero attached hydrogens (tertiary/aromatic N) is 4. The molecule has 0 bridgehead atoms. The fourth-order valence-corrected chi connectivity index (χ4v) is 10.5. The van der Waals surface area contributed by atoms with Gasteiger partial charge in [0.25, 0.3) is 0 Å². The molecule has 2 saturated carbocycles. The van der Waals surface area contributed by atoms with Crippen molar-refractivity contribution in [3.05, 3.63) is 0 Å². The van der Waals surface area contributed by atoms with Crippen molar-refractivity contribution in [3.8, 4) is 0 Å². The summed E-state index contributed by atoms with van der Waals surface area (Å²) in [4.78, 5) is 10.2. The summed E-state index contributed by atoms with van der Waals surface area (Å²) in [5, 5.41) is 0. The Kier molecular flexibility index (Phi) is 29.3. The second kappa shape index (κ2) is 30.4. The molecule has 4 aliphatic heterocycles. The molecule has 6 aliphatic rings. The van der Waals surface area contributed by atoms with Crippen molar-refractivity contribution in [2.24, 2.45) is 94.7 Å². The Balaban J connectivity index is 0.000000378. The van der Waals surface area contributed by atoms with E-state index in [0.29, 0.717) is 0 Å². The van der Waals surface area contributed by atoms with Gasteiger partial charge >= 0.3 is 0 Å². The Labute approximate surface area is 400 Å². The molecule has 2 aliphatic carbocycles. The third-order valence-corrected chi connectivity index (χ3v) is 17.6. The van der Waals surface area contributed by atoms with E-state index in [-0.39, 0.29) is 0 Å². The number of hydrogen-bond donors (Lipinski definition) is 0. The first-order valence-corrected chi connectivity index (χ1v) is 28.1. The average Bonchev–Trinajstić information content (AvgIpc) is 3.88. The smallest absolute Gasteiger partial charge is 0.00388 e. The maximum Gasteiger partial charge on any atom is 0.00388 e. The summed E-state index contributed by atoms with van der Waals surface area (Å²) in [6.07, 6.45) is 10.3. The lowest BCUT2D eigenvalue weighted by Gasteiger charge is -2.44. The van der Waals surface area contributed by atoms with Crippen LogP contribution in [-0.2, 0) is 0 Å². The summed E-state index contributed by atoms with van der Waals surface area (Å²) >= 11 is 0. The normalized spacial score (nSPS) is 27.4. The van der Waals surface area contributed by atoms with Crippen LogP contribution in [0.25, 0.3) is 0 Å². The molecule has 4 atom stereocenters. The van der Waals surface area contributed by atoms with Crippen LogP contribution in [0.1, 0.15) is 211 Å². The van der Waals surface area contributed by atoms with Crippen LogP contribution in [0.3, 0.4) is 0 Å². The first-order valence-electron chi connectivity index (χ1n) is 28.1. The van der Waals surface area contributed by atoms with Crippen LogP contribution in [0.5, 0.6) is 0 Å². The highest BCUT2D eigenvalue weighted by Gasteiger charge is 2.34. The molecule has 4 unspecified atom stereocenters. The second-order valence-corrected chi connectivity index (χ2v) is 26.2. The minimum Gasteiger partial charge on any atom is -0.301 e. The summed E-state index contributed by atoms with van der Waals surface area (Å²) < 4.78 is 0. The van der Waals surface area contributed by atoms with E-state index >= 15 is 0 Å². The van der Waals surface area contributed by atoms with E-state index in [0.717, 1.165) is 119 Å². The highest BCUT2D eigenvalue weighted by molar-refractivity contribution is 4.86. The molecule has 378 valence electrons.